The smallest absolute Gasteiger partial charge is 0.341 e. The summed E-state index contributed by atoms with van der Waals surface area (Å²) >= 11 is 0. The Morgan fingerprint density at radius 1 is 1.53 bits per heavy atom. The van der Waals surface area contributed by atoms with E-state index in [0.29, 0.717) is 5.92 Å². The largest absolute Gasteiger partial charge is 0.459 e. The van der Waals surface area contributed by atoms with Crippen molar-refractivity contribution in [3.05, 3.63) is 29.8 Å². The predicted molar refractivity (Wildman–Crippen MR) is 61.0 cm³/mol. The number of rotatable bonds is 2. The van der Waals surface area contributed by atoms with Crippen molar-refractivity contribution in [1.82, 2.24) is 4.98 Å². The van der Waals surface area contributed by atoms with Gasteiger partial charge in [-0.05, 0) is 31.2 Å². The summed E-state index contributed by atoms with van der Waals surface area (Å²) in [5.74, 6) is -0.630. The van der Waals surface area contributed by atoms with E-state index < -0.39 is 11.8 Å². The molecule has 0 bridgehead atoms. The lowest BCUT2D eigenvalue weighted by Gasteiger charge is -2.26. The zero-order valence-corrected chi connectivity index (χ0v) is 9.86. The second-order valence-electron chi connectivity index (χ2n) is 4.65. The van der Waals surface area contributed by atoms with Gasteiger partial charge in [0, 0.05) is 6.20 Å². The molecule has 1 heterocycles. The van der Waals surface area contributed by atoms with Gasteiger partial charge in [0.1, 0.15) is 6.10 Å². The molecule has 1 saturated carbocycles. The minimum absolute atomic E-state index is 0.0294. The van der Waals surface area contributed by atoms with Crippen LogP contribution in [-0.2, 0) is 4.74 Å². The second kappa shape index (κ2) is 5.25. The van der Waals surface area contributed by atoms with Crippen LogP contribution < -0.4 is 0 Å². The molecule has 0 N–H and O–H groups in total. The minimum Gasteiger partial charge on any atom is -0.459 e. The summed E-state index contributed by atoms with van der Waals surface area (Å²) in [5.41, 5.74) is -0.0294. The van der Waals surface area contributed by atoms with Gasteiger partial charge in [-0.2, -0.15) is 0 Å². The summed E-state index contributed by atoms with van der Waals surface area (Å²) in [6.45, 7) is 2.15. The highest BCUT2D eigenvalue weighted by Crippen LogP contribution is 2.26. The highest BCUT2D eigenvalue weighted by atomic mass is 19.1. The SMILES string of the molecule is CC1CCCC(OC(=O)c2ccncc2F)C1. The van der Waals surface area contributed by atoms with Gasteiger partial charge in [-0.15, -0.1) is 0 Å². The van der Waals surface area contributed by atoms with Gasteiger partial charge in [-0.1, -0.05) is 13.3 Å². The van der Waals surface area contributed by atoms with Gasteiger partial charge in [0.2, 0.25) is 0 Å². The highest BCUT2D eigenvalue weighted by molar-refractivity contribution is 5.89. The van der Waals surface area contributed by atoms with Crippen LogP contribution in [0.3, 0.4) is 0 Å². The van der Waals surface area contributed by atoms with E-state index in [-0.39, 0.29) is 11.7 Å². The lowest BCUT2D eigenvalue weighted by molar-refractivity contribution is 0.0150. The molecule has 1 aromatic heterocycles. The molecule has 0 amide bonds. The van der Waals surface area contributed by atoms with Crippen LogP contribution in [0.15, 0.2) is 18.5 Å². The van der Waals surface area contributed by atoms with Crippen LogP contribution in [0.2, 0.25) is 0 Å². The molecule has 0 saturated heterocycles. The molecular formula is C13H16FNO2. The van der Waals surface area contributed by atoms with Crippen molar-refractivity contribution in [3.63, 3.8) is 0 Å². The first kappa shape index (κ1) is 12.0. The number of esters is 1. The minimum atomic E-state index is -0.624. The maximum atomic E-state index is 13.3. The van der Waals surface area contributed by atoms with E-state index in [1.807, 2.05) is 0 Å². The Balaban J connectivity index is 1.99. The lowest BCUT2D eigenvalue weighted by atomic mass is 9.89. The third-order valence-electron chi connectivity index (χ3n) is 3.15. The summed E-state index contributed by atoms with van der Waals surface area (Å²) in [6, 6.07) is 1.35. The zero-order chi connectivity index (χ0) is 12.3. The number of ether oxygens (including phenoxy) is 1. The fourth-order valence-corrected chi connectivity index (χ4v) is 2.24. The summed E-state index contributed by atoms with van der Waals surface area (Å²) < 4.78 is 18.6. The van der Waals surface area contributed by atoms with Gasteiger partial charge < -0.3 is 4.74 Å². The average molecular weight is 237 g/mol. The van der Waals surface area contributed by atoms with Crippen LogP contribution in [0.5, 0.6) is 0 Å². The standard InChI is InChI=1S/C13H16FNO2/c1-9-3-2-4-10(7-9)17-13(16)11-5-6-15-8-12(11)14/h5-6,8-10H,2-4,7H2,1H3. The molecule has 1 aliphatic carbocycles. The highest BCUT2D eigenvalue weighted by Gasteiger charge is 2.23. The Hall–Kier alpha value is -1.45. The number of halogens is 1. The Kier molecular flexibility index (Phi) is 3.71. The van der Waals surface area contributed by atoms with Crippen molar-refractivity contribution in [3.8, 4) is 0 Å². The number of aromatic nitrogens is 1. The maximum absolute atomic E-state index is 13.3. The first-order chi connectivity index (χ1) is 8.16. The molecule has 17 heavy (non-hydrogen) atoms. The molecule has 2 unspecified atom stereocenters. The van der Waals surface area contributed by atoms with Gasteiger partial charge >= 0.3 is 5.97 Å². The molecule has 4 heteroatoms. The summed E-state index contributed by atoms with van der Waals surface area (Å²) in [6.07, 6.45) is 6.35. The normalized spacial score (nSPS) is 24.4. The molecule has 3 nitrogen and oxygen atoms in total. The first-order valence-electron chi connectivity index (χ1n) is 5.97. The third kappa shape index (κ3) is 3.02. The van der Waals surface area contributed by atoms with Crippen molar-refractivity contribution in [2.75, 3.05) is 0 Å². The Morgan fingerprint density at radius 2 is 2.35 bits per heavy atom. The van der Waals surface area contributed by atoms with E-state index >= 15 is 0 Å². The number of nitrogens with zero attached hydrogens (tertiary/aromatic N) is 1. The van der Waals surface area contributed by atoms with Crippen LogP contribution >= 0.6 is 0 Å². The topological polar surface area (TPSA) is 39.2 Å². The van der Waals surface area contributed by atoms with Crippen LogP contribution in [0, 0.1) is 11.7 Å². The van der Waals surface area contributed by atoms with E-state index in [0.717, 1.165) is 25.5 Å². The monoisotopic (exact) mass is 237 g/mol. The van der Waals surface area contributed by atoms with Crippen molar-refractivity contribution in [2.24, 2.45) is 5.92 Å². The Labute approximate surface area is 100 Å². The maximum Gasteiger partial charge on any atom is 0.341 e. The number of carbonyl (C=O) groups is 1. The van der Waals surface area contributed by atoms with Gasteiger partial charge in [0.15, 0.2) is 5.82 Å². The number of hydrogen-bond acceptors (Lipinski definition) is 3. The van der Waals surface area contributed by atoms with Crippen LogP contribution in [0.25, 0.3) is 0 Å². The molecule has 1 fully saturated rings. The molecule has 2 atom stereocenters. The second-order valence-corrected chi connectivity index (χ2v) is 4.65. The van der Waals surface area contributed by atoms with E-state index in [1.165, 1.54) is 18.7 Å². The Bertz CT molecular complexity index is 408. The molecular weight excluding hydrogens is 221 g/mol. The van der Waals surface area contributed by atoms with Crippen LogP contribution in [0.4, 0.5) is 4.39 Å². The fraction of sp³-hybridized carbons (Fsp3) is 0.538. The average Bonchev–Trinajstić information content (AvgIpc) is 2.29. The van der Waals surface area contributed by atoms with E-state index in [2.05, 4.69) is 11.9 Å². The van der Waals surface area contributed by atoms with Crippen molar-refractivity contribution >= 4 is 5.97 Å². The van der Waals surface area contributed by atoms with Crippen molar-refractivity contribution in [1.29, 1.82) is 0 Å². The van der Waals surface area contributed by atoms with E-state index in [1.54, 1.807) is 0 Å². The molecule has 1 aliphatic rings. The molecule has 2 rings (SSSR count). The molecule has 0 spiro atoms. The number of pyridine rings is 1. The number of carbonyl (C=O) groups excluding carboxylic acids is 1. The van der Waals surface area contributed by atoms with Crippen LogP contribution in [-0.4, -0.2) is 17.1 Å². The Morgan fingerprint density at radius 3 is 3.06 bits per heavy atom. The van der Waals surface area contributed by atoms with Gasteiger partial charge in [0.25, 0.3) is 0 Å². The molecule has 0 aromatic carbocycles. The third-order valence-corrected chi connectivity index (χ3v) is 3.15. The van der Waals surface area contributed by atoms with Crippen molar-refractivity contribution < 1.29 is 13.9 Å². The van der Waals surface area contributed by atoms with Crippen LogP contribution in [0.1, 0.15) is 43.0 Å². The fourth-order valence-electron chi connectivity index (χ4n) is 2.24. The lowest BCUT2D eigenvalue weighted by Crippen LogP contribution is -2.25. The molecule has 0 aliphatic heterocycles. The summed E-state index contributed by atoms with van der Waals surface area (Å²) in [7, 11) is 0. The zero-order valence-electron chi connectivity index (χ0n) is 9.86. The van der Waals surface area contributed by atoms with Gasteiger partial charge in [-0.3, -0.25) is 4.98 Å². The van der Waals surface area contributed by atoms with Crippen molar-refractivity contribution in [2.45, 2.75) is 38.7 Å². The summed E-state index contributed by atoms with van der Waals surface area (Å²) in [4.78, 5) is 15.4. The summed E-state index contributed by atoms with van der Waals surface area (Å²) in [5, 5.41) is 0. The quantitative estimate of drug-likeness (QED) is 0.742. The van der Waals surface area contributed by atoms with Gasteiger partial charge in [0.05, 0.1) is 11.8 Å². The molecule has 92 valence electrons. The predicted octanol–water partition coefficient (Wildman–Crippen LogP) is 2.96. The van der Waals surface area contributed by atoms with E-state index in [9.17, 15) is 9.18 Å². The molecule has 0 radical (unpaired) electrons. The van der Waals surface area contributed by atoms with E-state index in [4.69, 9.17) is 4.74 Å². The number of hydrogen-bond donors (Lipinski definition) is 0. The van der Waals surface area contributed by atoms with Gasteiger partial charge in [-0.25, -0.2) is 9.18 Å². The molecule has 1 aromatic rings. The first-order valence-corrected chi connectivity index (χ1v) is 5.97.